The summed E-state index contributed by atoms with van der Waals surface area (Å²) in [5, 5.41) is 50.5. The number of carbonyl (C=O) groups is 2. The molecule has 0 aromatic carbocycles. The molecule has 0 bridgehead atoms. The van der Waals surface area contributed by atoms with Crippen molar-refractivity contribution in [3.05, 3.63) is 46.5 Å². The second kappa shape index (κ2) is 4.23. The van der Waals surface area contributed by atoms with Crippen LogP contribution in [0.3, 0.4) is 0 Å². The van der Waals surface area contributed by atoms with Crippen LogP contribution < -0.4 is 5.73 Å². The smallest absolute Gasteiger partial charge is 0.507 e. The van der Waals surface area contributed by atoms with Gasteiger partial charge in [-0.25, -0.2) is 4.79 Å². The van der Waals surface area contributed by atoms with Gasteiger partial charge >= 0.3 is 19.6 Å². The summed E-state index contributed by atoms with van der Waals surface area (Å²) in [4.78, 5) is 24.3. The van der Waals surface area contributed by atoms with Crippen molar-refractivity contribution in [1.29, 1.82) is 0 Å². The molecule has 1 radical (unpaired) electrons. The molecule has 0 aromatic rings. The van der Waals surface area contributed by atoms with Crippen LogP contribution in [0.4, 0.5) is 0 Å². The molecule has 0 aromatic heterocycles. The van der Waals surface area contributed by atoms with Crippen molar-refractivity contribution in [2.75, 3.05) is 0 Å². The Balaban J connectivity index is 2.39. The molecule has 1 fully saturated rings. The van der Waals surface area contributed by atoms with E-state index in [1.165, 1.54) is 0 Å². The van der Waals surface area contributed by atoms with Crippen molar-refractivity contribution in [3.63, 3.8) is 0 Å². The zero-order chi connectivity index (χ0) is 17.2. The Labute approximate surface area is 128 Å². The predicted molar refractivity (Wildman–Crippen MR) is 70.2 cm³/mol. The van der Waals surface area contributed by atoms with Crippen molar-refractivity contribution < 1.29 is 44.4 Å². The van der Waals surface area contributed by atoms with Gasteiger partial charge in [-0.1, -0.05) is 0 Å². The Bertz CT molecular complexity index is 779. The third kappa shape index (κ3) is 1.46. The maximum atomic E-state index is 12.3. The first-order valence-electron chi connectivity index (χ1n) is 6.10. The molecule has 2 atom stereocenters. The molecular weight excluding hydrogens is 313 g/mol. The maximum Gasteiger partial charge on any atom is 0.662 e. The molecule has 0 saturated carbocycles. The van der Waals surface area contributed by atoms with E-state index in [0.29, 0.717) is 19.8 Å². The molecule has 1 aliphatic heterocycles. The largest absolute Gasteiger partial charge is 0.662 e. The fourth-order valence-electron chi connectivity index (χ4n) is 2.77. The number of allylic oxidation sites excluding steroid dienone is 1. The zero-order valence-electron chi connectivity index (χ0n) is 11.2. The Morgan fingerprint density at radius 3 is 2.30 bits per heavy atom. The lowest BCUT2D eigenvalue weighted by Crippen LogP contribution is -2.58. The standard InChI is InChI=1S/C12H9BNO9/c14-4-2-11(8(18)6(4)16)10(20)23-13-22-9(19)3-1-5(15)7(17)12(3,11)21/h1-2,15-18,21H,14H2. The molecule has 0 amide bonds. The van der Waals surface area contributed by atoms with Crippen molar-refractivity contribution in [2.24, 2.45) is 11.1 Å². The van der Waals surface area contributed by atoms with Gasteiger partial charge in [0.15, 0.2) is 34.1 Å². The van der Waals surface area contributed by atoms with Gasteiger partial charge in [-0.3, -0.25) is 4.79 Å². The van der Waals surface area contributed by atoms with Gasteiger partial charge in [0.2, 0.25) is 0 Å². The number of rotatable bonds is 0. The lowest BCUT2D eigenvalue weighted by atomic mass is 9.67. The van der Waals surface area contributed by atoms with Gasteiger partial charge in [0.1, 0.15) is 0 Å². The summed E-state index contributed by atoms with van der Waals surface area (Å²) in [7, 11) is 0.339. The number of hydrogen-bond donors (Lipinski definition) is 6. The first kappa shape index (κ1) is 14.8. The topological polar surface area (TPSA) is 180 Å². The second-order valence-electron chi connectivity index (χ2n) is 5.01. The quantitative estimate of drug-likeness (QED) is 0.296. The van der Waals surface area contributed by atoms with Gasteiger partial charge in [-0.05, 0) is 12.2 Å². The van der Waals surface area contributed by atoms with Crippen LogP contribution in [0.5, 0.6) is 0 Å². The van der Waals surface area contributed by atoms with Crippen molar-refractivity contribution >= 4 is 19.6 Å². The highest BCUT2D eigenvalue weighted by Crippen LogP contribution is 2.55. The van der Waals surface area contributed by atoms with E-state index in [1.807, 2.05) is 0 Å². The number of fused-ring (bicyclic) bond motifs is 2. The fourth-order valence-corrected chi connectivity index (χ4v) is 2.77. The summed E-state index contributed by atoms with van der Waals surface area (Å²) in [5.74, 6) is -7.00. The van der Waals surface area contributed by atoms with Gasteiger partial charge in [0, 0.05) is 0 Å². The molecule has 1 spiro atoms. The highest BCUT2D eigenvalue weighted by molar-refractivity contribution is 6.29. The summed E-state index contributed by atoms with van der Waals surface area (Å²) in [6.45, 7) is 0. The average Bonchev–Trinajstić information content (AvgIpc) is 2.88. The van der Waals surface area contributed by atoms with Crippen LogP contribution in [0, 0.1) is 5.41 Å². The third-order valence-electron chi connectivity index (χ3n) is 3.92. The number of nitrogens with two attached hydrogens (primary N) is 1. The van der Waals surface area contributed by atoms with Crippen LogP contribution in [-0.2, 0) is 18.9 Å². The Hall–Kier alpha value is -3.08. The molecule has 7 N–H and O–H groups in total. The Morgan fingerprint density at radius 1 is 1.09 bits per heavy atom. The lowest BCUT2D eigenvalue weighted by molar-refractivity contribution is -0.159. The average molecular weight is 322 g/mol. The number of hydrogen-bond acceptors (Lipinski definition) is 10. The van der Waals surface area contributed by atoms with Crippen LogP contribution in [0.2, 0.25) is 0 Å². The first-order valence-corrected chi connectivity index (χ1v) is 6.10. The normalized spacial score (nSPS) is 33.4. The van der Waals surface area contributed by atoms with E-state index in [-0.39, 0.29) is 0 Å². The molecule has 11 heteroatoms. The van der Waals surface area contributed by atoms with Crippen LogP contribution >= 0.6 is 0 Å². The Kier molecular flexibility index (Phi) is 2.73. The van der Waals surface area contributed by atoms with E-state index in [2.05, 4.69) is 9.31 Å². The SMILES string of the molecule is NC1=CC2(C(=O)O[B]OC(=O)C3=CC(O)=C(O)C32O)C(O)=C1O. The minimum absolute atomic E-state index is 0.339. The number of aliphatic hydroxyl groups is 5. The van der Waals surface area contributed by atoms with E-state index in [9.17, 15) is 35.1 Å². The molecule has 3 rings (SSSR count). The molecule has 2 aliphatic carbocycles. The van der Waals surface area contributed by atoms with Crippen LogP contribution in [0.25, 0.3) is 0 Å². The molecule has 2 unspecified atom stereocenters. The minimum Gasteiger partial charge on any atom is -0.507 e. The molecule has 10 nitrogen and oxygen atoms in total. The molecule has 119 valence electrons. The van der Waals surface area contributed by atoms with Crippen LogP contribution in [-0.4, -0.2) is 50.8 Å². The lowest BCUT2D eigenvalue weighted by Gasteiger charge is -2.40. The van der Waals surface area contributed by atoms with Crippen LogP contribution in [0.15, 0.2) is 46.5 Å². The predicted octanol–water partition coefficient (Wildman–Crippen LogP) is -1.21. The summed E-state index contributed by atoms with van der Waals surface area (Å²) in [6.07, 6.45) is 1.35. The third-order valence-corrected chi connectivity index (χ3v) is 3.92. The minimum atomic E-state index is -3.00. The van der Waals surface area contributed by atoms with Gasteiger partial charge in [0.25, 0.3) is 0 Å². The van der Waals surface area contributed by atoms with Crippen molar-refractivity contribution in [3.8, 4) is 0 Å². The van der Waals surface area contributed by atoms with Gasteiger partial charge in [0.05, 0.1) is 11.3 Å². The van der Waals surface area contributed by atoms with E-state index in [1.54, 1.807) is 0 Å². The highest BCUT2D eigenvalue weighted by Gasteiger charge is 2.70. The highest BCUT2D eigenvalue weighted by atomic mass is 16.6. The summed E-state index contributed by atoms with van der Waals surface area (Å²) in [6, 6.07) is 0. The van der Waals surface area contributed by atoms with Crippen molar-refractivity contribution in [2.45, 2.75) is 5.60 Å². The van der Waals surface area contributed by atoms with E-state index < -0.39 is 57.3 Å². The number of aliphatic hydroxyl groups excluding tert-OH is 4. The van der Waals surface area contributed by atoms with Crippen molar-refractivity contribution in [1.82, 2.24) is 0 Å². The summed E-state index contributed by atoms with van der Waals surface area (Å²) < 4.78 is 8.92. The monoisotopic (exact) mass is 322 g/mol. The first-order chi connectivity index (χ1) is 10.7. The molecule has 3 aliphatic rings. The maximum absolute atomic E-state index is 12.3. The van der Waals surface area contributed by atoms with Crippen LogP contribution in [0.1, 0.15) is 0 Å². The molecular formula is C12H9BNO9. The summed E-state index contributed by atoms with van der Waals surface area (Å²) in [5.41, 5.74) is -1.53. The molecule has 1 heterocycles. The van der Waals surface area contributed by atoms with Gasteiger partial charge in [-0.2, -0.15) is 0 Å². The fraction of sp³-hybridized carbons (Fsp3) is 0.167. The second-order valence-corrected chi connectivity index (χ2v) is 5.01. The van der Waals surface area contributed by atoms with Gasteiger partial charge in [-0.15, -0.1) is 0 Å². The summed E-state index contributed by atoms with van der Waals surface area (Å²) >= 11 is 0. The Morgan fingerprint density at radius 2 is 1.74 bits per heavy atom. The molecule has 23 heavy (non-hydrogen) atoms. The van der Waals surface area contributed by atoms with E-state index >= 15 is 0 Å². The van der Waals surface area contributed by atoms with Gasteiger partial charge < -0.3 is 40.6 Å². The van der Waals surface area contributed by atoms with E-state index in [4.69, 9.17) is 5.73 Å². The molecule has 1 saturated heterocycles. The number of carbonyl (C=O) groups excluding carboxylic acids is 2. The zero-order valence-corrected chi connectivity index (χ0v) is 11.2. The van der Waals surface area contributed by atoms with E-state index in [0.717, 1.165) is 0 Å².